The van der Waals surface area contributed by atoms with Gasteiger partial charge in [0.25, 0.3) is 0 Å². The molecule has 0 aliphatic carbocycles. The lowest BCUT2D eigenvalue weighted by atomic mass is 10.0. The van der Waals surface area contributed by atoms with E-state index in [9.17, 15) is 5.11 Å². The van der Waals surface area contributed by atoms with Crippen molar-refractivity contribution in [2.24, 2.45) is 0 Å². The van der Waals surface area contributed by atoms with Crippen molar-refractivity contribution in [2.45, 2.75) is 38.8 Å². The highest BCUT2D eigenvalue weighted by atomic mass is 32.1. The van der Waals surface area contributed by atoms with E-state index in [4.69, 9.17) is 4.74 Å². The summed E-state index contributed by atoms with van der Waals surface area (Å²) >= 11 is 1.72. The summed E-state index contributed by atoms with van der Waals surface area (Å²) in [4.78, 5) is 1.28. The summed E-state index contributed by atoms with van der Waals surface area (Å²) in [5.41, 5.74) is 1.29. The Morgan fingerprint density at radius 3 is 2.45 bits per heavy atom. The van der Waals surface area contributed by atoms with Crippen molar-refractivity contribution in [3.8, 4) is 5.75 Å². The van der Waals surface area contributed by atoms with E-state index in [1.54, 1.807) is 11.3 Å². The standard InChI is InChI=1S/C18H25NO2S/c1-13(2)15-6-8-17(9-7-15)21-12-16(20)11-19-14(3)18-5-4-10-22-18/h4-10,13-14,16,19-20H,11-12H2,1-3H3. The number of rotatable bonds is 8. The number of aliphatic hydroxyl groups is 1. The van der Waals surface area contributed by atoms with Crippen LogP contribution in [0.4, 0.5) is 0 Å². The molecule has 0 aliphatic rings. The number of hydrogen-bond acceptors (Lipinski definition) is 4. The number of benzene rings is 1. The first-order valence-electron chi connectivity index (χ1n) is 7.74. The Kier molecular flexibility index (Phi) is 6.43. The van der Waals surface area contributed by atoms with Crippen molar-refractivity contribution in [1.82, 2.24) is 5.32 Å². The first kappa shape index (κ1) is 17.0. The molecule has 0 saturated heterocycles. The second kappa shape index (κ2) is 8.32. The fourth-order valence-electron chi connectivity index (χ4n) is 2.15. The Morgan fingerprint density at radius 1 is 1.14 bits per heavy atom. The van der Waals surface area contributed by atoms with Crippen LogP contribution in [0.15, 0.2) is 41.8 Å². The molecule has 0 fully saturated rings. The van der Waals surface area contributed by atoms with E-state index in [2.05, 4.69) is 49.7 Å². The van der Waals surface area contributed by atoms with Crippen LogP contribution in [-0.2, 0) is 0 Å². The summed E-state index contributed by atoms with van der Waals surface area (Å²) in [5, 5.41) is 15.4. The summed E-state index contributed by atoms with van der Waals surface area (Å²) in [5.74, 6) is 1.32. The van der Waals surface area contributed by atoms with Gasteiger partial charge in [-0.25, -0.2) is 0 Å². The first-order chi connectivity index (χ1) is 10.6. The highest BCUT2D eigenvalue weighted by Crippen LogP contribution is 2.19. The summed E-state index contributed by atoms with van der Waals surface area (Å²) in [6, 6.07) is 12.5. The number of hydrogen-bond donors (Lipinski definition) is 2. The monoisotopic (exact) mass is 319 g/mol. The molecule has 4 heteroatoms. The van der Waals surface area contributed by atoms with Crippen LogP contribution in [0.1, 0.15) is 43.2 Å². The molecule has 22 heavy (non-hydrogen) atoms. The van der Waals surface area contributed by atoms with Gasteiger partial charge in [0.05, 0.1) is 0 Å². The lowest BCUT2D eigenvalue weighted by Crippen LogP contribution is -2.32. The lowest BCUT2D eigenvalue weighted by Gasteiger charge is -2.17. The topological polar surface area (TPSA) is 41.5 Å². The van der Waals surface area contributed by atoms with Gasteiger partial charge in [-0.15, -0.1) is 11.3 Å². The third kappa shape index (κ3) is 5.13. The zero-order valence-corrected chi connectivity index (χ0v) is 14.3. The van der Waals surface area contributed by atoms with E-state index in [1.165, 1.54) is 10.4 Å². The Bertz CT molecular complexity index is 537. The molecule has 2 rings (SSSR count). The second-order valence-corrected chi connectivity index (χ2v) is 6.81. The molecule has 0 bridgehead atoms. The molecule has 0 aliphatic heterocycles. The Labute approximate surface area is 137 Å². The number of nitrogens with one attached hydrogen (secondary N) is 1. The van der Waals surface area contributed by atoms with E-state index >= 15 is 0 Å². The van der Waals surface area contributed by atoms with E-state index in [-0.39, 0.29) is 6.04 Å². The van der Waals surface area contributed by atoms with Crippen LogP contribution < -0.4 is 10.1 Å². The molecule has 2 atom stereocenters. The van der Waals surface area contributed by atoms with Crippen LogP contribution in [0.5, 0.6) is 5.75 Å². The molecule has 120 valence electrons. The van der Waals surface area contributed by atoms with Gasteiger partial charge in [0.2, 0.25) is 0 Å². The minimum absolute atomic E-state index is 0.250. The molecule has 0 spiro atoms. The average Bonchev–Trinajstić information content (AvgIpc) is 3.05. The maximum atomic E-state index is 10.0. The van der Waals surface area contributed by atoms with Crippen LogP contribution in [0.2, 0.25) is 0 Å². The molecular weight excluding hydrogens is 294 g/mol. The van der Waals surface area contributed by atoms with Crippen molar-refractivity contribution in [2.75, 3.05) is 13.2 Å². The molecule has 0 saturated carbocycles. The third-order valence-corrected chi connectivity index (χ3v) is 4.67. The third-order valence-electron chi connectivity index (χ3n) is 3.62. The normalized spacial score (nSPS) is 14.0. The average molecular weight is 319 g/mol. The van der Waals surface area contributed by atoms with E-state index in [0.29, 0.717) is 19.1 Å². The Balaban J connectivity index is 1.72. The SMILES string of the molecule is CC(C)c1ccc(OCC(O)CNC(C)c2cccs2)cc1. The predicted molar refractivity (Wildman–Crippen MR) is 92.8 cm³/mol. The molecule has 0 amide bonds. The van der Waals surface area contributed by atoms with Gasteiger partial charge < -0.3 is 15.2 Å². The van der Waals surface area contributed by atoms with Crippen LogP contribution in [0.25, 0.3) is 0 Å². The Hall–Kier alpha value is -1.36. The van der Waals surface area contributed by atoms with Crippen LogP contribution >= 0.6 is 11.3 Å². The molecular formula is C18H25NO2S. The largest absolute Gasteiger partial charge is 0.491 e. The smallest absolute Gasteiger partial charge is 0.119 e. The van der Waals surface area contributed by atoms with Crippen molar-refractivity contribution in [3.05, 3.63) is 52.2 Å². The van der Waals surface area contributed by atoms with Gasteiger partial charge in [-0.2, -0.15) is 0 Å². The molecule has 3 nitrogen and oxygen atoms in total. The van der Waals surface area contributed by atoms with Gasteiger partial charge in [0.15, 0.2) is 0 Å². The maximum absolute atomic E-state index is 10.0. The van der Waals surface area contributed by atoms with Gasteiger partial charge in [-0.1, -0.05) is 32.0 Å². The van der Waals surface area contributed by atoms with E-state index < -0.39 is 6.10 Å². The Morgan fingerprint density at radius 2 is 1.86 bits per heavy atom. The van der Waals surface area contributed by atoms with Gasteiger partial charge in [0, 0.05) is 17.5 Å². The highest BCUT2D eigenvalue weighted by Gasteiger charge is 2.10. The predicted octanol–water partition coefficient (Wildman–Crippen LogP) is 3.96. The summed E-state index contributed by atoms with van der Waals surface area (Å²) < 4.78 is 5.64. The quantitative estimate of drug-likeness (QED) is 0.774. The summed E-state index contributed by atoms with van der Waals surface area (Å²) in [7, 11) is 0. The molecule has 2 aromatic rings. The number of thiophene rings is 1. The van der Waals surface area contributed by atoms with Crippen LogP contribution in [-0.4, -0.2) is 24.4 Å². The van der Waals surface area contributed by atoms with Crippen molar-refractivity contribution >= 4 is 11.3 Å². The minimum Gasteiger partial charge on any atom is -0.491 e. The lowest BCUT2D eigenvalue weighted by molar-refractivity contribution is 0.104. The second-order valence-electron chi connectivity index (χ2n) is 5.83. The number of aliphatic hydroxyl groups excluding tert-OH is 1. The van der Waals surface area contributed by atoms with Crippen molar-refractivity contribution in [3.63, 3.8) is 0 Å². The highest BCUT2D eigenvalue weighted by molar-refractivity contribution is 7.10. The van der Waals surface area contributed by atoms with Gasteiger partial charge in [-0.05, 0) is 42.0 Å². The first-order valence-corrected chi connectivity index (χ1v) is 8.62. The molecule has 0 radical (unpaired) electrons. The number of ether oxygens (including phenoxy) is 1. The zero-order chi connectivity index (χ0) is 15.9. The van der Waals surface area contributed by atoms with Gasteiger partial charge in [-0.3, -0.25) is 0 Å². The maximum Gasteiger partial charge on any atom is 0.119 e. The minimum atomic E-state index is -0.521. The fourth-order valence-corrected chi connectivity index (χ4v) is 2.91. The molecule has 2 N–H and O–H groups in total. The van der Waals surface area contributed by atoms with Gasteiger partial charge in [0.1, 0.15) is 18.5 Å². The molecule has 1 aromatic carbocycles. The molecule has 1 heterocycles. The summed E-state index contributed by atoms with van der Waals surface area (Å²) in [6.07, 6.45) is -0.521. The van der Waals surface area contributed by atoms with Crippen LogP contribution in [0.3, 0.4) is 0 Å². The molecule has 2 unspecified atom stereocenters. The molecule has 1 aromatic heterocycles. The van der Waals surface area contributed by atoms with Crippen molar-refractivity contribution in [1.29, 1.82) is 0 Å². The fraction of sp³-hybridized carbons (Fsp3) is 0.444. The van der Waals surface area contributed by atoms with E-state index in [1.807, 2.05) is 18.2 Å². The van der Waals surface area contributed by atoms with E-state index in [0.717, 1.165) is 5.75 Å². The van der Waals surface area contributed by atoms with Gasteiger partial charge >= 0.3 is 0 Å². The zero-order valence-electron chi connectivity index (χ0n) is 13.5. The van der Waals surface area contributed by atoms with Crippen LogP contribution in [0, 0.1) is 0 Å². The summed E-state index contributed by atoms with van der Waals surface area (Å²) in [6.45, 7) is 7.25. The van der Waals surface area contributed by atoms with Crippen molar-refractivity contribution < 1.29 is 9.84 Å².